The standard InChI is InChI=1S/C16H15Cl2N.C2HF3O.CH4/c1-19-9-14(11-5-3-2-4-6-11)13-7-12(17)8-16(18)15(13)10-19;3-2(4,5)1-6;/h2-8,14H,9-10H2,1H3;1H;1H4. The molecule has 7 heteroatoms. The van der Waals surface area contributed by atoms with E-state index in [1.54, 1.807) is 0 Å². The van der Waals surface area contributed by atoms with E-state index < -0.39 is 12.5 Å². The number of hydrogen-bond acceptors (Lipinski definition) is 2. The summed E-state index contributed by atoms with van der Waals surface area (Å²) < 4.78 is 31.2. The van der Waals surface area contributed by atoms with Crippen molar-refractivity contribution in [3.8, 4) is 0 Å². The van der Waals surface area contributed by atoms with Crippen LogP contribution in [0.5, 0.6) is 0 Å². The molecule has 2 nitrogen and oxygen atoms in total. The first-order valence-electron chi connectivity index (χ1n) is 7.45. The lowest BCUT2D eigenvalue weighted by molar-refractivity contribution is -0.156. The fraction of sp³-hybridized carbons (Fsp3) is 0.316. The van der Waals surface area contributed by atoms with Gasteiger partial charge in [0.2, 0.25) is 6.29 Å². The van der Waals surface area contributed by atoms with Gasteiger partial charge in [0.15, 0.2) is 0 Å². The van der Waals surface area contributed by atoms with Crippen molar-refractivity contribution in [1.82, 2.24) is 4.90 Å². The topological polar surface area (TPSA) is 20.3 Å². The molecule has 0 aliphatic carbocycles. The SMILES string of the molecule is C.CN1Cc2c(Cl)cc(Cl)cc2C(c2ccccc2)C1.O=CC(F)(F)F. The van der Waals surface area contributed by atoms with Gasteiger partial charge in [-0.25, -0.2) is 0 Å². The van der Waals surface area contributed by atoms with Crippen LogP contribution in [0.4, 0.5) is 13.2 Å². The molecule has 0 N–H and O–H groups in total. The monoisotopic (exact) mass is 405 g/mol. The molecule has 3 rings (SSSR count). The number of benzene rings is 2. The Kier molecular flexibility index (Phi) is 8.13. The molecular formula is C19H20Cl2F3NO. The van der Waals surface area contributed by atoms with Crippen LogP contribution in [0.25, 0.3) is 0 Å². The highest BCUT2D eigenvalue weighted by atomic mass is 35.5. The van der Waals surface area contributed by atoms with Crippen LogP contribution < -0.4 is 0 Å². The summed E-state index contributed by atoms with van der Waals surface area (Å²) in [6, 6.07) is 14.4. The maximum absolute atomic E-state index is 10.4. The van der Waals surface area contributed by atoms with E-state index in [0.717, 1.165) is 18.1 Å². The number of hydrogen-bond donors (Lipinski definition) is 0. The van der Waals surface area contributed by atoms with E-state index in [0.29, 0.717) is 10.9 Å². The third kappa shape index (κ3) is 6.01. The van der Waals surface area contributed by atoms with Gasteiger partial charge in [0.05, 0.1) is 0 Å². The first-order chi connectivity index (χ1) is 11.7. The van der Waals surface area contributed by atoms with Gasteiger partial charge in [-0.05, 0) is 35.9 Å². The van der Waals surface area contributed by atoms with Crippen LogP contribution in [0.15, 0.2) is 42.5 Å². The zero-order valence-corrected chi connectivity index (χ0v) is 14.9. The van der Waals surface area contributed by atoms with Crippen molar-refractivity contribution < 1.29 is 18.0 Å². The Labute approximate surface area is 161 Å². The second-order valence-corrected chi connectivity index (χ2v) is 6.62. The zero-order valence-electron chi connectivity index (χ0n) is 13.4. The minimum Gasteiger partial charge on any atom is -0.301 e. The minimum atomic E-state index is -4.64. The highest BCUT2D eigenvalue weighted by molar-refractivity contribution is 6.35. The van der Waals surface area contributed by atoms with Gasteiger partial charge in [0, 0.05) is 29.1 Å². The summed E-state index contributed by atoms with van der Waals surface area (Å²) >= 11 is 12.5. The number of aldehydes is 1. The van der Waals surface area contributed by atoms with Gasteiger partial charge in [-0.2, -0.15) is 13.2 Å². The van der Waals surface area contributed by atoms with E-state index in [1.807, 2.05) is 12.1 Å². The molecule has 0 bridgehead atoms. The lowest BCUT2D eigenvalue weighted by Gasteiger charge is -2.33. The van der Waals surface area contributed by atoms with Crippen molar-refractivity contribution >= 4 is 29.5 Å². The predicted octanol–water partition coefficient (Wildman–Crippen LogP) is 5.95. The molecule has 1 heterocycles. The summed E-state index contributed by atoms with van der Waals surface area (Å²) in [6.45, 7) is 1.88. The molecule has 0 radical (unpaired) electrons. The van der Waals surface area contributed by atoms with Crippen LogP contribution in [-0.4, -0.2) is 31.0 Å². The van der Waals surface area contributed by atoms with Gasteiger partial charge in [-0.15, -0.1) is 0 Å². The van der Waals surface area contributed by atoms with E-state index in [-0.39, 0.29) is 7.43 Å². The van der Waals surface area contributed by atoms with Crippen molar-refractivity contribution in [2.45, 2.75) is 26.1 Å². The number of halogens is 5. The molecule has 1 unspecified atom stereocenters. The van der Waals surface area contributed by atoms with Crippen LogP contribution in [0, 0.1) is 0 Å². The summed E-state index contributed by atoms with van der Waals surface area (Å²) in [5.74, 6) is 0.339. The average molecular weight is 406 g/mol. The predicted molar refractivity (Wildman–Crippen MR) is 99.9 cm³/mol. The summed E-state index contributed by atoms with van der Waals surface area (Å²) in [5.41, 5.74) is 3.78. The summed E-state index contributed by atoms with van der Waals surface area (Å²) in [7, 11) is 2.13. The quantitative estimate of drug-likeness (QED) is 0.545. The number of fused-ring (bicyclic) bond motifs is 1. The van der Waals surface area contributed by atoms with Crippen molar-refractivity contribution in [2.24, 2.45) is 0 Å². The number of carbonyl (C=O) groups is 1. The van der Waals surface area contributed by atoms with E-state index in [9.17, 15) is 13.2 Å². The smallest absolute Gasteiger partial charge is 0.301 e. The minimum absolute atomic E-state index is 0. The molecular weight excluding hydrogens is 386 g/mol. The molecule has 2 aromatic rings. The van der Waals surface area contributed by atoms with Gasteiger partial charge >= 0.3 is 6.18 Å². The first-order valence-corrected chi connectivity index (χ1v) is 8.21. The zero-order chi connectivity index (χ0) is 18.6. The molecule has 2 aromatic carbocycles. The molecule has 0 aromatic heterocycles. The van der Waals surface area contributed by atoms with Crippen LogP contribution >= 0.6 is 23.2 Å². The second kappa shape index (κ2) is 9.40. The van der Waals surface area contributed by atoms with Gasteiger partial charge < -0.3 is 4.90 Å². The number of nitrogens with zero attached hydrogens (tertiary/aromatic N) is 1. The normalized spacial score (nSPS) is 16.6. The first kappa shape index (κ1) is 22.5. The average Bonchev–Trinajstić information content (AvgIpc) is 2.56. The summed E-state index contributed by atoms with van der Waals surface area (Å²) in [6.07, 6.45) is -5.70. The van der Waals surface area contributed by atoms with Gasteiger partial charge in [-0.1, -0.05) is 61.0 Å². The summed E-state index contributed by atoms with van der Waals surface area (Å²) in [4.78, 5) is 11.0. The van der Waals surface area contributed by atoms with E-state index in [4.69, 9.17) is 28.0 Å². The van der Waals surface area contributed by atoms with Crippen LogP contribution in [0.2, 0.25) is 10.0 Å². The number of likely N-dealkylation sites (N-methyl/N-ethyl adjacent to an activating group) is 1. The Bertz CT molecular complexity index is 736. The maximum atomic E-state index is 10.4. The Balaban J connectivity index is 0.000000422. The van der Waals surface area contributed by atoms with Gasteiger partial charge in [-0.3, -0.25) is 4.79 Å². The second-order valence-electron chi connectivity index (χ2n) is 5.77. The molecule has 1 aliphatic heterocycles. The fourth-order valence-corrected chi connectivity index (χ4v) is 3.38. The number of alkyl halides is 3. The van der Waals surface area contributed by atoms with Crippen molar-refractivity contribution in [3.63, 3.8) is 0 Å². The van der Waals surface area contributed by atoms with E-state index >= 15 is 0 Å². The Morgan fingerprint density at radius 3 is 2.27 bits per heavy atom. The van der Waals surface area contributed by atoms with Crippen LogP contribution in [0.3, 0.4) is 0 Å². The van der Waals surface area contributed by atoms with Crippen molar-refractivity contribution in [2.75, 3.05) is 13.6 Å². The molecule has 1 aliphatic rings. The van der Waals surface area contributed by atoms with E-state index in [2.05, 4.69) is 42.3 Å². The van der Waals surface area contributed by atoms with Gasteiger partial charge in [0.1, 0.15) is 0 Å². The third-order valence-corrected chi connectivity index (χ3v) is 4.38. The summed E-state index contributed by atoms with van der Waals surface area (Å²) in [5, 5.41) is 1.49. The molecule has 26 heavy (non-hydrogen) atoms. The molecule has 0 amide bonds. The van der Waals surface area contributed by atoms with Gasteiger partial charge in [0.25, 0.3) is 0 Å². The highest BCUT2D eigenvalue weighted by Gasteiger charge is 2.26. The lowest BCUT2D eigenvalue weighted by atomic mass is 9.85. The fourth-order valence-electron chi connectivity index (χ4n) is 2.82. The van der Waals surface area contributed by atoms with Crippen LogP contribution in [0.1, 0.15) is 30.0 Å². The third-order valence-electron chi connectivity index (χ3n) is 3.83. The Hall–Kier alpha value is -1.56. The lowest BCUT2D eigenvalue weighted by Crippen LogP contribution is -2.31. The molecule has 0 fully saturated rings. The maximum Gasteiger partial charge on any atom is 0.446 e. The van der Waals surface area contributed by atoms with Crippen molar-refractivity contribution in [1.29, 1.82) is 0 Å². The van der Waals surface area contributed by atoms with Crippen LogP contribution in [-0.2, 0) is 11.3 Å². The largest absolute Gasteiger partial charge is 0.446 e. The highest BCUT2D eigenvalue weighted by Crippen LogP contribution is 2.38. The molecule has 1 atom stereocenters. The Morgan fingerprint density at radius 2 is 1.73 bits per heavy atom. The molecule has 0 saturated heterocycles. The number of rotatable bonds is 1. The van der Waals surface area contributed by atoms with Crippen molar-refractivity contribution in [3.05, 3.63) is 69.2 Å². The Morgan fingerprint density at radius 1 is 1.15 bits per heavy atom. The molecule has 142 valence electrons. The van der Waals surface area contributed by atoms with E-state index in [1.165, 1.54) is 16.7 Å². The molecule has 0 spiro atoms. The molecule has 0 saturated carbocycles. The number of carbonyl (C=O) groups excluding carboxylic acids is 1.